The molecule has 4 heteroatoms. The lowest BCUT2D eigenvalue weighted by Gasteiger charge is -2.18. The van der Waals surface area contributed by atoms with Crippen LogP contribution in [0.3, 0.4) is 0 Å². The van der Waals surface area contributed by atoms with E-state index in [1.54, 1.807) is 18.4 Å². The lowest BCUT2D eigenvalue weighted by atomic mass is 10.5. The molecule has 0 atom stereocenters. The molecule has 1 rings (SSSR count). The van der Waals surface area contributed by atoms with Crippen molar-refractivity contribution in [2.45, 2.75) is 0 Å². The minimum absolute atomic E-state index is 0.479. The van der Waals surface area contributed by atoms with Crippen molar-refractivity contribution in [2.24, 2.45) is 5.84 Å². The van der Waals surface area contributed by atoms with Crippen molar-refractivity contribution in [2.75, 3.05) is 0 Å². The number of halogens is 1. The van der Waals surface area contributed by atoms with Crippen LogP contribution in [0.25, 0.3) is 0 Å². The quantitative estimate of drug-likeness (QED) is 0.367. The van der Waals surface area contributed by atoms with Crippen molar-refractivity contribution in [1.29, 1.82) is 0 Å². The summed E-state index contributed by atoms with van der Waals surface area (Å²) in [5, 5.41) is 1.70. The van der Waals surface area contributed by atoms with Gasteiger partial charge < -0.3 is 0 Å². The fraction of sp³-hybridized carbons (Fsp3) is 0. The van der Waals surface area contributed by atoms with E-state index in [9.17, 15) is 0 Å². The number of nitrogens with two attached hydrogens (primary N) is 1. The van der Waals surface area contributed by atoms with E-state index >= 15 is 0 Å². The Labute approximate surface area is 52.3 Å². The molecule has 3 N–H and O–H groups in total. The van der Waals surface area contributed by atoms with Gasteiger partial charge in [0.05, 0.1) is 0 Å². The number of rotatable bonds is 0. The molecule has 0 aromatic heterocycles. The summed E-state index contributed by atoms with van der Waals surface area (Å²) in [7, 11) is 0. The van der Waals surface area contributed by atoms with E-state index in [1.807, 2.05) is 0 Å². The largest absolute Gasteiger partial charge is 0.291 e. The van der Waals surface area contributed by atoms with Crippen molar-refractivity contribution in [3.8, 4) is 0 Å². The Morgan fingerprint density at radius 3 is 2.88 bits per heavy atom. The van der Waals surface area contributed by atoms with Crippen molar-refractivity contribution >= 4 is 11.6 Å². The number of hydrogen-bond acceptors (Lipinski definition) is 3. The molecule has 0 fully saturated rings. The first-order chi connectivity index (χ1) is 3.80. The van der Waals surface area contributed by atoms with Gasteiger partial charge in [0.25, 0.3) is 0 Å². The molecule has 0 saturated carbocycles. The zero-order chi connectivity index (χ0) is 5.98. The molecule has 0 unspecified atom stereocenters. The zero-order valence-corrected chi connectivity index (χ0v) is 4.89. The molecule has 0 saturated heterocycles. The number of hydrogen-bond donors (Lipinski definition) is 2. The predicted octanol–water partition coefficient (Wildman–Crippen LogP) is 0.274. The van der Waals surface area contributed by atoms with Gasteiger partial charge in [-0.25, -0.2) is 11.0 Å². The number of allylic oxidation sites excluding steroid dienone is 2. The Morgan fingerprint density at radius 2 is 2.50 bits per heavy atom. The fourth-order valence-electron chi connectivity index (χ4n) is 0.393. The van der Waals surface area contributed by atoms with Gasteiger partial charge in [-0.3, -0.25) is 5.43 Å². The molecule has 0 bridgehead atoms. The van der Waals surface area contributed by atoms with Crippen molar-refractivity contribution < 1.29 is 0 Å². The first-order valence-electron chi connectivity index (χ1n) is 2.14. The van der Waals surface area contributed by atoms with Crippen LogP contribution in [0.2, 0.25) is 0 Å². The minimum Gasteiger partial charge on any atom is -0.291 e. The highest BCUT2D eigenvalue weighted by Gasteiger charge is 1.98. The van der Waals surface area contributed by atoms with Crippen LogP contribution >= 0.6 is 11.6 Å². The molecule has 0 aromatic carbocycles. The van der Waals surface area contributed by atoms with Crippen LogP contribution in [0.4, 0.5) is 0 Å². The van der Waals surface area contributed by atoms with Crippen molar-refractivity contribution in [1.82, 2.24) is 10.5 Å². The monoisotopic (exact) mass is 131 g/mol. The Balaban J connectivity index is 2.66. The maximum atomic E-state index is 5.52. The third kappa shape index (κ3) is 0.936. The highest BCUT2D eigenvalue weighted by atomic mass is 35.5. The van der Waals surface area contributed by atoms with Gasteiger partial charge in [-0.15, -0.1) is 0 Å². The van der Waals surface area contributed by atoms with E-state index in [1.165, 1.54) is 5.12 Å². The van der Waals surface area contributed by atoms with Gasteiger partial charge in [0, 0.05) is 6.20 Å². The van der Waals surface area contributed by atoms with E-state index in [2.05, 4.69) is 5.43 Å². The molecule has 8 heavy (non-hydrogen) atoms. The second kappa shape index (κ2) is 2.07. The second-order valence-corrected chi connectivity index (χ2v) is 1.73. The van der Waals surface area contributed by atoms with Crippen molar-refractivity contribution in [3.05, 3.63) is 23.5 Å². The predicted molar refractivity (Wildman–Crippen MR) is 32.2 cm³/mol. The van der Waals surface area contributed by atoms with Crippen LogP contribution in [0.5, 0.6) is 0 Å². The number of nitrogens with one attached hydrogen (secondary N) is 1. The average molecular weight is 132 g/mol. The molecular formula is C4H6ClN3. The van der Waals surface area contributed by atoms with Crippen LogP contribution in [-0.4, -0.2) is 5.12 Å². The van der Waals surface area contributed by atoms with Gasteiger partial charge in [0.2, 0.25) is 0 Å². The van der Waals surface area contributed by atoms with E-state index in [-0.39, 0.29) is 0 Å². The normalized spacial score (nSPS) is 17.8. The molecule has 0 amide bonds. The van der Waals surface area contributed by atoms with Gasteiger partial charge in [-0.1, -0.05) is 11.6 Å². The highest BCUT2D eigenvalue weighted by Crippen LogP contribution is 2.04. The standard InChI is InChI=1S/C4H6ClN3/c5-4-2-1-3-7-8(4)6/h1-3,7H,6H2. The van der Waals surface area contributed by atoms with Gasteiger partial charge in [-0.05, 0) is 12.2 Å². The number of nitrogens with zero attached hydrogens (tertiary/aromatic N) is 1. The summed E-state index contributed by atoms with van der Waals surface area (Å²) in [4.78, 5) is 0. The fourth-order valence-corrected chi connectivity index (χ4v) is 0.514. The van der Waals surface area contributed by atoms with Crippen molar-refractivity contribution in [3.63, 3.8) is 0 Å². The smallest absolute Gasteiger partial charge is 0.141 e. The Bertz CT molecular complexity index is 140. The molecule has 1 aliphatic heterocycles. The van der Waals surface area contributed by atoms with E-state index < -0.39 is 0 Å². The van der Waals surface area contributed by atoms with Crippen LogP contribution < -0.4 is 11.3 Å². The molecular weight excluding hydrogens is 126 g/mol. The molecule has 0 radical (unpaired) electrons. The molecule has 3 nitrogen and oxygen atoms in total. The van der Waals surface area contributed by atoms with Crippen LogP contribution in [0.15, 0.2) is 23.5 Å². The summed E-state index contributed by atoms with van der Waals surface area (Å²) in [5.41, 5.74) is 2.66. The maximum absolute atomic E-state index is 5.52. The summed E-state index contributed by atoms with van der Waals surface area (Å²) in [6, 6.07) is 0. The average Bonchev–Trinajstić information content (AvgIpc) is 1.77. The Hall–Kier alpha value is -0.670. The summed E-state index contributed by atoms with van der Waals surface area (Å²) in [6.07, 6.45) is 5.15. The van der Waals surface area contributed by atoms with Gasteiger partial charge in [0.15, 0.2) is 0 Å². The molecule has 44 valence electrons. The Kier molecular flexibility index (Phi) is 1.41. The minimum atomic E-state index is 0.479. The van der Waals surface area contributed by atoms with Crippen LogP contribution in [-0.2, 0) is 0 Å². The summed E-state index contributed by atoms with van der Waals surface area (Å²) < 4.78 is 0. The number of hydrazine groups is 2. The third-order valence-electron chi connectivity index (χ3n) is 0.774. The van der Waals surface area contributed by atoms with E-state index in [0.29, 0.717) is 5.16 Å². The summed E-state index contributed by atoms with van der Waals surface area (Å²) >= 11 is 5.52. The SMILES string of the molecule is NN1NC=CC=C1Cl. The third-order valence-corrected chi connectivity index (χ3v) is 1.08. The topological polar surface area (TPSA) is 41.3 Å². The first-order valence-corrected chi connectivity index (χ1v) is 2.52. The lowest BCUT2D eigenvalue weighted by molar-refractivity contribution is 0.314. The van der Waals surface area contributed by atoms with E-state index in [4.69, 9.17) is 17.4 Å². The summed E-state index contributed by atoms with van der Waals surface area (Å²) in [5.74, 6) is 5.25. The zero-order valence-electron chi connectivity index (χ0n) is 4.13. The van der Waals surface area contributed by atoms with E-state index in [0.717, 1.165) is 0 Å². The van der Waals surface area contributed by atoms with Gasteiger partial charge in [0.1, 0.15) is 5.16 Å². The molecule has 0 spiro atoms. The molecule has 1 aliphatic rings. The maximum Gasteiger partial charge on any atom is 0.141 e. The first kappa shape index (κ1) is 5.47. The molecule has 0 aliphatic carbocycles. The second-order valence-electron chi connectivity index (χ2n) is 1.35. The Morgan fingerprint density at radius 1 is 1.75 bits per heavy atom. The van der Waals surface area contributed by atoms with Crippen LogP contribution in [0.1, 0.15) is 0 Å². The molecule has 1 heterocycles. The molecule has 0 aromatic rings. The summed E-state index contributed by atoms with van der Waals surface area (Å²) in [6.45, 7) is 0. The highest BCUT2D eigenvalue weighted by molar-refractivity contribution is 6.29. The van der Waals surface area contributed by atoms with Crippen LogP contribution in [0, 0.1) is 0 Å². The lowest BCUT2D eigenvalue weighted by Crippen LogP contribution is -2.39. The van der Waals surface area contributed by atoms with Gasteiger partial charge >= 0.3 is 0 Å². The van der Waals surface area contributed by atoms with Gasteiger partial charge in [-0.2, -0.15) is 0 Å².